The second-order valence-electron chi connectivity index (χ2n) is 7.61. The Labute approximate surface area is 155 Å². The second kappa shape index (κ2) is 14.0. The van der Waals surface area contributed by atoms with Crippen LogP contribution in [0.4, 0.5) is 0 Å². The highest BCUT2D eigenvalue weighted by atomic mass is 16.6. The van der Waals surface area contributed by atoms with Crippen LogP contribution < -0.4 is 0 Å². The molecule has 0 aromatic rings. The predicted octanol–water partition coefficient (Wildman–Crippen LogP) is 4.58. The molecule has 1 fully saturated rings. The van der Waals surface area contributed by atoms with Crippen LogP contribution >= 0.6 is 0 Å². The average molecular weight is 359 g/mol. The zero-order valence-electron chi connectivity index (χ0n) is 17.0. The summed E-state index contributed by atoms with van der Waals surface area (Å²) in [7, 11) is 0. The minimum Gasteiger partial charge on any atom is -0.388 e. The smallest absolute Gasteiger partial charge is 0.114 e. The average Bonchev–Trinajstić information content (AvgIpc) is 2.63. The number of ether oxygens (including phenoxy) is 3. The van der Waals surface area contributed by atoms with Crippen molar-refractivity contribution in [1.29, 1.82) is 0 Å². The molecular formula is C21H42O4. The van der Waals surface area contributed by atoms with Crippen molar-refractivity contribution in [2.75, 3.05) is 26.4 Å². The lowest BCUT2D eigenvalue weighted by Crippen LogP contribution is -2.51. The summed E-state index contributed by atoms with van der Waals surface area (Å²) in [6, 6.07) is 0. The summed E-state index contributed by atoms with van der Waals surface area (Å²) >= 11 is 0. The normalized spacial score (nSPS) is 26.5. The molecule has 0 aromatic heterocycles. The van der Waals surface area contributed by atoms with E-state index in [0.29, 0.717) is 31.7 Å². The number of aliphatic hydroxyl groups is 1. The van der Waals surface area contributed by atoms with Crippen LogP contribution in [0.25, 0.3) is 0 Å². The van der Waals surface area contributed by atoms with Crippen LogP contribution in [0, 0.1) is 11.8 Å². The van der Waals surface area contributed by atoms with E-state index in [-0.39, 0.29) is 12.2 Å². The SMILES string of the molecule is CCCCC(CC)CO[C@H]1[C@H](O)COC[C@@H]1OCC(CC)CCCC. The van der Waals surface area contributed by atoms with Crippen molar-refractivity contribution in [3.63, 3.8) is 0 Å². The summed E-state index contributed by atoms with van der Waals surface area (Å²) in [4.78, 5) is 0. The highest BCUT2D eigenvalue weighted by Gasteiger charge is 2.35. The summed E-state index contributed by atoms with van der Waals surface area (Å²) in [5.74, 6) is 1.16. The molecule has 1 N–H and O–H groups in total. The van der Waals surface area contributed by atoms with E-state index < -0.39 is 6.10 Å². The van der Waals surface area contributed by atoms with Crippen LogP contribution in [-0.2, 0) is 14.2 Å². The van der Waals surface area contributed by atoms with Crippen LogP contribution in [0.15, 0.2) is 0 Å². The first kappa shape index (κ1) is 22.9. The molecule has 0 saturated carbocycles. The third-order valence-corrected chi connectivity index (χ3v) is 5.47. The molecule has 4 heteroatoms. The lowest BCUT2D eigenvalue weighted by molar-refractivity contribution is -0.196. The first-order chi connectivity index (χ1) is 12.2. The van der Waals surface area contributed by atoms with E-state index in [4.69, 9.17) is 14.2 Å². The molecule has 2 unspecified atom stereocenters. The van der Waals surface area contributed by atoms with Gasteiger partial charge in [-0.3, -0.25) is 0 Å². The molecular weight excluding hydrogens is 316 g/mol. The number of hydrogen-bond acceptors (Lipinski definition) is 4. The lowest BCUT2D eigenvalue weighted by atomic mass is 9.99. The van der Waals surface area contributed by atoms with Crippen molar-refractivity contribution in [2.24, 2.45) is 11.8 Å². The standard InChI is InChI=1S/C21H42O4/c1-5-9-11-17(7-3)13-24-20-16-23-15-19(22)21(20)25-14-18(8-4)12-10-6-2/h17-22H,5-16H2,1-4H3/t17?,18?,19-,20+,21+/m1/s1. The zero-order valence-corrected chi connectivity index (χ0v) is 17.0. The number of rotatable bonds is 14. The van der Waals surface area contributed by atoms with Gasteiger partial charge in [-0.2, -0.15) is 0 Å². The Hall–Kier alpha value is -0.160. The first-order valence-corrected chi connectivity index (χ1v) is 10.6. The quantitative estimate of drug-likeness (QED) is 0.494. The van der Waals surface area contributed by atoms with Gasteiger partial charge in [0, 0.05) is 0 Å². The Bertz CT molecular complexity index is 310. The van der Waals surface area contributed by atoms with Crippen molar-refractivity contribution in [2.45, 2.75) is 97.4 Å². The Morgan fingerprint density at radius 1 is 0.880 bits per heavy atom. The Balaban J connectivity index is 2.48. The summed E-state index contributed by atoms with van der Waals surface area (Å²) in [5.41, 5.74) is 0. The van der Waals surface area contributed by atoms with E-state index in [0.717, 1.165) is 19.4 Å². The summed E-state index contributed by atoms with van der Waals surface area (Å²) in [6.07, 6.45) is 8.62. The highest BCUT2D eigenvalue weighted by molar-refractivity contribution is 4.83. The molecule has 150 valence electrons. The monoisotopic (exact) mass is 358 g/mol. The van der Waals surface area contributed by atoms with Crippen molar-refractivity contribution in [1.82, 2.24) is 0 Å². The number of hydrogen-bond donors (Lipinski definition) is 1. The molecule has 0 aliphatic carbocycles. The van der Waals surface area contributed by atoms with Gasteiger partial charge in [0.15, 0.2) is 0 Å². The van der Waals surface area contributed by atoms with Crippen LogP contribution in [0.1, 0.15) is 79.1 Å². The third kappa shape index (κ3) is 8.85. The van der Waals surface area contributed by atoms with E-state index in [1.165, 1.54) is 38.5 Å². The van der Waals surface area contributed by atoms with E-state index >= 15 is 0 Å². The fraction of sp³-hybridized carbons (Fsp3) is 1.00. The topological polar surface area (TPSA) is 47.9 Å². The van der Waals surface area contributed by atoms with Crippen LogP contribution in [0.2, 0.25) is 0 Å². The maximum Gasteiger partial charge on any atom is 0.114 e. The molecule has 25 heavy (non-hydrogen) atoms. The van der Waals surface area contributed by atoms with Gasteiger partial charge in [-0.25, -0.2) is 0 Å². The summed E-state index contributed by atoms with van der Waals surface area (Å²) in [6.45, 7) is 11.2. The molecule has 1 aliphatic rings. The third-order valence-electron chi connectivity index (χ3n) is 5.47. The molecule has 1 saturated heterocycles. The van der Waals surface area contributed by atoms with E-state index in [1.807, 2.05) is 0 Å². The molecule has 0 aromatic carbocycles. The van der Waals surface area contributed by atoms with Crippen LogP contribution in [0.5, 0.6) is 0 Å². The number of aliphatic hydroxyl groups excluding tert-OH is 1. The Kier molecular flexibility index (Phi) is 12.8. The van der Waals surface area contributed by atoms with Crippen LogP contribution in [0.3, 0.4) is 0 Å². The molecule has 0 bridgehead atoms. The highest BCUT2D eigenvalue weighted by Crippen LogP contribution is 2.22. The maximum atomic E-state index is 10.3. The predicted molar refractivity (Wildman–Crippen MR) is 103 cm³/mol. The van der Waals surface area contributed by atoms with E-state index in [2.05, 4.69) is 27.7 Å². The van der Waals surface area contributed by atoms with Gasteiger partial charge in [-0.05, 0) is 24.7 Å². The Morgan fingerprint density at radius 2 is 1.44 bits per heavy atom. The van der Waals surface area contributed by atoms with Crippen molar-refractivity contribution >= 4 is 0 Å². The molecule has 1 rings (SSSR count). The zero-order chi connectivity index (χ0) is 18.5. The van der Waals surface area contributed by atoms with Crippen molar-refractivity contribution < 1.29 is 19.3 Å². The van der Waals surface area contributed by atoms with Crippen molar-refractivity contribution in [3.8, 4) is 0 Å². The summed E-state index contributed by atoms with van der Waals surface area (Å²) in [5, 5.41) is 10.3. The van der Waals surface area contributed by atoms with E-state index in [1.54, 1.807) is 0 Å². The minimum absolute atomic E-state index is 0.150. The summed E-state index contributed by atoms with van der Waals surface area (Å²) < 4.78 is 17.8. The van der Waals surface area contributed by atoms with Gasteiger partial charge in [0.05, 0.1) is 26.4 Å². The van der Waals surface area contributed by atoms with E-state index in [9.17, 15) is 5.11 Å². The molecule has 0 spiro atoms. The molecule has 4 nitrogen and oxygen atoms in total. The fourth-order valence-corrected chi connectivity index (χ4v) is 3.41. The van der Waals surface area contributed by atoms with Gasteiger partial charge in [-0.15, -0.1) is 0 Å². The molecule has 1 aliphatic heterocycles. The van der Waals surface area contributed by atoms with Gasteiger partial charge < -0.3 is 19.3 Å². The number of unbranched alkanes of at least 4 members (excludes halogenated alkanes) is 2. The van der Waals surface area contributed by atoms with Gasteiger partial charge in [0.1, 0.15) is 18.3 Å². The van der Waals surface area contributed by atoms with Gasteiger partial charge >= 0.3 is 0 Å². The van der Waals surface area contributed by atoms with Gasteiger partial charge in [-0.1, -0.05) is 66.2 Å². The Morgan fingerprint density at radius 3 is 1.96 bits per heavy atom. The second-order valence-corrected chi connectivity index (χ2v) is 7.61. The molecule has 0 radical (unpaired) electrons. The molecule has 0 amide bonds. The first-order valence-electron chi connectivity index (χ1n) is 10.6. The van der Waals surface area contributed by atoms with Gasteiger partial charge in [0.2, 0.25) is 0 Å². The van der Waals surface area contributed by atoms with Crippen LogP contribution in [-0.4, -0.2) is 49.8 Å². The largest absolute Gasteiger partial charge is 0.388 e. The van der Waals surface area contributed by atoms with Crippen molar-refractivity contribution in [3.05, 3.63) is 0 Å². The van der Waals surface area contributed by atoms with Gasteiger partial charge in [0.25, 0.3) is 0 Å². The minimum atomic E-state index is -0.585. The maximum absolute atomic E-state index is 10.3. The lowest BCUT2D eigenvalue weighted by Gasteiger charge is -2.36. The fourth-order valence-electron chi connectivity index (χ4n) is 3.41. The molecule has 5 atom stereocenters. The molecule has 1 heterocycles.